The fraction of sp³-hybridized carbons (Fsp3) is 0.833. The topological polar surface area (TPSA) is 61.4 Å². The van der Waals surface area contributed by atoms with Crippen molar-refractivity contribution in [2.45, 2.75) is 31.7 Å². The molecule has 2 aliphatic rings. The van der Waals surface area contributed by atoms with Crippen LogP contribution in [0.1, 0.15) is 25.7 Å². The van der Waals surface area contributed by atoms with Gasteiger partial charge in [0, 0.05) is 24.9 Å². The number of nitrogens with one attached hydrogen (secondary N) is 2. The number of amides is 2. The molecule has 1 heterocycles. The molecule has 18 heavy (non-hydrogen) atoms. The first-order valence-electron chi connectivity index (χ1n) is 6.65. The van der Waals surface area contributed by atoms with Crippen LogP contribution in [0.4, 0.5) is 4.79 Å². The van der Waals surface area contributed by atoms with E-state index in [1.807, 2.05) is 11.9 Å². The minimum Gasteiger partial charge on any atom is -0.334 e. The summed E-state index contributed by atoms with van der Waals surface area (Å²) in [5.41, 5.74) is 0. The average molecular weight is 271 g/mol. The molecule has 0 aromatic carbocycles. The highest BCUT2D eigenvalue weighted by atomic mass is 32.2. The summed E-state index contributed by atoms with van der Waals surface area (Å²) < 4.78 is 2.37. The fourth-order valence-electron chi connectivity index (χ4n) is 2.18. The molecule has 0 spiro atoms. The number of rotatable bonds is 6. The summed E-state index contributed by atoms with van der Waals surface area (Å²) in [5.74, 6) is 1.81. The van der Waals surface area contributed by atoms with Crippen molar-refractivity contribution in [2.24, 2.45) is 5.92 Å². The molecule has 2 rings (SSSR count). The number of hydrogen-bond donors (Lipinski definition) is 2. The highest BCUT2D eigenvalue weighted by molar-refractivity contribution is 7.97. The van der Waals surface area contributed by atoms with Gasteiger partial charge in [-0.25, -0.2) is 9.10 Å². The maximum atomic E-state index is 11.6. The van der Waals surface area contributed by atoms with E-state index in [9.17, 15) is 9.59 Å². The summed E-state index contributed by atoms with van der Waals surface area (Å²) in [4.78, 5) is 21.8. The zero-order valence-electron chi connectivity index (χ0n) is 10.6. The van der Waals surface area contributed by atoms with Gasteiger partial charge in [-0.1, -0.05) is 11.9 Å². The van der Waals surface area contributed by atoms with Crippen molar-refractivity contribution in [3.63, 3.8) is 0 Å². The molecular weight excluding hydrogens is 250 g/mol. The second kappa shape index (κ2) is 6.99. The quantitative estimate of drug-likeness (QED) is 0.559. The number of carbonyl (C=O) groups is 2. The lowest BCUT2D eigenvalue weighted by atomic mass is 10.2. The van der Waals surface area contributed by atoms with Crippen LogP contribution in [0, 0.1) is 5.92 Å². The summed E-state index contributed by atoms with van der Waals surface area (Å²) in [6.45, 7) is 2.12. The molecule has 1 saturated carbocycles. The van der Waals surface area contributed by atoms with Gasteiger partial charge in [0.15, 0.2) is 0 Å². The standard InChI is InChI=1S/C12H21N3O2S/c16-7-5-13-12(17)14-11(10-3-4-10)9-15-6-1-2-8-18-15/h7,10-11H,1-6,8-9H2,(H2,13,14,17). The lowest BCUT2D eigenvalue weighted by Gasteiger charge is -2.29. The van der Waals surface area contributed by atoms with Crippen molar-refractivity contribution in [3.8, 4) is 0 Å². The van der Waals surface area contributed by atoms with Crippen molar-refractivity contribution < 1.29 is 9.59 Å². The number of nitrogens with zero attached hydrogens (tertiary/aromatic N) is 1. The van der Waals surface area contributed by atoms with E-state index in [-0.39, 0.29) is 18.6 Å². The van der Waals surface area contributed by atoms with E-state index in [1.54, 1.807) is 0 Å². The molecule has 1 unspecified atom stereocenters. The van der Waals surface area contributed by atoms with Crippen LogP contribution in [0.15, 0.2) is 0 Å². The Morgan fingerprint density at radius 3 is 2.89 bits per heavy atom. The van der Waals surface area contributed by atoms with Crippen LogP contribution in [-0.2, 0) is 4.79 Å². The normalized spacial score (nSPS) is 22.2. The molecule has 2 fully saturated rings. The largest absolute Gasteiger partial charge is 0.334 e. The first kappa shape index (κ1) is 13.7. The zero-order valence-corrected chi connectivity index (χ0v) is 11.4. The van der Waals surface area contributed by atoms with Crippen molar-refractivity contribution >= 4 is 24.3 Å². The Bertz CT molecular complexity index is 291. The number of urea groups is 1. The van der Waals surface area contributed by atoms with Gasteiger partial charge >= 0.3 is 6.03 Å². The van der Waals surface area contributed by atoms with Gasteiger partial charge < -0.3 is 15.4 Å². The molecule has 5 nitrogen and oxygen atoms in total. The van der Waals surface area contributed by atoms with Gasteiger partial charge in [0.1, 0.15) is 6.29 Å². The molecule has 2 amide bonds. The molecule has 102 valence electrons. The number of hydrogen-bond acceptors (Lipinski definition) is 4. The highest BCUT2D eigenvalue weighted by Gasteiger charge is 2.33. The predicted molar refractivity (Wildman–Crippen MR) is 72.4 cm³/mol. The first-order chi connectivity index (χ1) is 8.79. The van der Waals surface area contributed by atoms with E-state index in [0.29, 0.717) is 12.2 Å². The second-order valence-electron chi connectivity index (χ2n) is 4.89. The lowest BCUT2D eigenvalue weighted by Crippen LogP contribution is -2.48. The van der Waals surface area contributed by atoms with E-state index in [2.05, 4.69) is 14.9 Å². The summed E-state index contributed by atoms with van der Waals surface area (Å²) in [6, 6.07) is 0.00302. The second-order valence-corrected chi connectivity index (χ2v) is 6.08. The monoisotopic (exact) mass is 271 g/mol. The molecule has 0 aromatic heterocycles. The van der Waals surface area contributed by atoms with Gasteiger partial charge in [-0.15, -0.1) is 0 Å². The summed E-state index contributed by atoms with van der Waals surface area (Å²) >= 11 is 1.89. The molecule has 0 bridgehead atoms. The van der Waals surface area contributed by atoms with Crippen LogP contribution >= 0.6 is 11.9 Å². The van der Waals surface area contributed by atoms with Crippen LogP contribution in [0.3, 0.4) is 0 Å². The van der Waals surface area contributed by atoms with E-state index >= 15 is 0 Å². The van der Waals surface area contributed by atoms with Gasteiger partial charge in [0.2, 0.25) is 0 Å². The van der Waals surface area contributed by atoms with Gasteiger partial charge in [-0.3, -0.25) is 0 Å². The third kappa shape index (κ3) is 4.49. The predicted octanol–water partition coefficient (Wildman–Crippen LogP) is 1.01. The van der Waals surface area contributed by atoms with Crippen LogP contribution in [0.2, 0.25) is 0 Å². The van der Waals surface area contributed by atoms with E-state index in [1.165, 1.54) is 31.4 Å². The van der Waals surface area contributed by atoms with Gasteiger partial charge in [0.05, 0.1) is 6.54 Å². The Kier molecular flexibility index (Phi) is 5.31. The molecule has 0 aromatic rings. The SMILES string of the molecule is O=CCNC(=O)NC(CN1CCCCS1)C1CC1. The van der Waals surface area contributed by atoms with Gasteiger partial charge in [-0.2, -0.15) is 0 Å². The molecular formula is C12H21N3O2S. The highest BCUT2D eigenvalue weighted by Crippen LogP contribution is 2.34. The first-order valence-corrected chi connectivity index (χ1v) is 7.59. The molecule has 6 heteroatoms. The maximum Gasteiger partial charge on any atom is 0.315 e. The van der Waals surface area contributed by atoms with Crippen molar-refractivity contribution in [1.29, 1.82) is 0 Å². The average Bonchev–Trinajstić information content (AvgIpc) is 3.21. The zero-order chi connectivity index (χ0) is 12.8. The Balaban J connectivity index is 1.76. The molecule has 0 radical (unpaired) electrons. The Labute approximate surface area is 112 Å². The Hall–Kier alpha value is -0.750. The molecule has 1 aliphatic carbocycles. The van der Waals surface area contributed by atoms with Gasteiger partial charge in [0.25, 0.3) is 0 Å². The third-order valence-electron chi connectivity index (χ3n) is 3.33. The van der Waals surface area contributed by atoms with Crippen LogP contribution in [0.5, 0.6) is 0 Å². The summed E-state index contributed by atoms with van der Waals surface area (Å²) in [5, 5.41) is 5.54. The minimum absolute atomic E-state index is 0.0850. The minimum atomic E-state index is -0.221. The lowest BCUT2D eigenvalue weighted by molar-refractivity contribution is -0.107. The van der Waals surface area contributed by atoms with E-state index in [0.717, 1.165) is 13.1 Å². The molecule has 1 atom stereocenters. The number of aldehydes is 1. The summed E-state index contributed by atoms with van der Waals surface area (Å²) in [7, 11) is 0. The molecule has 1 saturated heterocycles. The van der Waals surface area contributed by atoms with Crippen LogP contribution in [0.25, 0.3) is 0 Å². The van der Waals surface area contributed by atoms with Crippen LogP contribution < -0.4 is 10.6 Å². The maximum absolute atomic E-state index is 11.6. The number of carbonyl (C=O) groups excluding carboxylic acids is 2. The van der Waals surface area contributed by atoms with Gasteiger partial charge in [-0.05, 0) is 31.6 Å². The van der Waals surface area contributed by atoms with E-state index < -0.39 is 0 Å². The fourth-order valence-corrected chi connectivity index (χ4v) is 3.29. The molecule has 2 N–H and O–H groups in total. The van der Waals surface area contributed by atoms with Crippen molar-refractivity contribution in [1.82, 2.24) is 14.9 Å². The van der Waals surface area contributed by atoms with Crippen LogP contribution in [-0.4, -0.2) is 48.1 Å². The van der Waals surface area contributed by atoms with Crippen molar-refractivity contribution in [2.75, 3.05) is 25.4 Å². The Morgan fingerprint density at radius 2 is 2.28 bits per heavy atom. The summed E-state index contributed by atoms with van der Waals surface area (Å²) in [6.07, 6.45) is 5.66. The Morgan fingerprint density at radius 1 is 1.44 bits per heavy atom. The van der Waals surface area contributed by atoms with Crippen molar-refractivity contribution in [3.05, 3.63) is 0 Å². The smallest absolute Gasteiger partial charge is 0.315 e. The van der Waals surface area contributed by atoms with E-state index in [4.69, 9.17) is 0 Å². The third-order valence-corrected chi connectivity index (χ3v) is 4.50. The molecule has 1 aliphatic heterocycles.